The van der Waals surface area contributed by atoms with Gasteiger partial charge in [-0.25, -0.2) is 9.97 Å². The summed E-state index contributed by atoms with van der Waals surface area (Å²) in [5.74, 6) is -0.174. The molecule has 3 aromatic rings. The normalized spacial score (nSPS) is 12.6. The second-order valence-corrected chi connectivity index (χ2v) is 7.05. The van der Waals surface area contributed by atoms with E-state index in [1.807, 2.05) is 31.8 Å². The summed E-state index contributed by atoms with van der Waals surface area (Å²) in [6.07, 6.45) is 6.86. The number of nitrogens with zero attached hydrogens (tertiary/aromatic N) is 6. The summed E-state index contributed by atoms with van der Waals surface area (Å²) in [4.78, 5) is 28.8. The van der Waals surface area contributed by atoms with E-state index >= 15 is 0 Å². The van der Waals surface area contributed by atoms with Gasteiger partial charge in [0.05, 0.1) is 23.8 Å². The Morgan fingerprint density at radius 2 is 2.12 bits per heavy atom. The summed E-state index contributed by atoms with van der Waals surface area (Å²) in [6, 6.07) is 0. The number of anilines is 1. The standard InChI is InChI=1S/C17H18N6OS/c1-4-23(16(24)12-9-18-10(2)7-19-12)17-21-15-11-8-20-22(3)13(11)5-6-14(15)25-17/h7-9H,4-6H2,1-3H3. The van der Waals surface area contributed by atoms with Crippen molar-refractivity contribution in [3.63, 3.8) is 0 Å². The molecule has 0 spiro atoms. The molecule has 128 valence electrons. The molecule has 0 fully saturated rings. The van der Waals surface area contributed by atoms with Crippen molar-refractivity contribution in [1.29, 1.82) is 0 Å². The van der Waals surface area contributed by atoms with E-state index < -0.39 is 0 Å². The molecule has 0 N–H and O–H groups in total. The molecule has 7 nitrogen and oxygen atoms in total. The number of aryl methyl sites for hydroxylation is 3. The molecule has 1 amide bonds. The highest BCUT2D eigenvalue weighted by atomic mass is 32.1. The lowest BCUT2D eigenvalue weighted by Crippen LogP contribution is -2.31. The van der Waals surface area contributed by atoms with Gasteiger partial charge in [-0.1, -0.05) is 0 Å². The molecule has 3 aromatic heterocycles. The maximum Gasteiger partial charge on any atom is 0.280 e. The van der Waals surface area contributed by atoms with Crippen molar-refractivity contribution >= 4 is 22.4 Å². The maximum atomic E-state index is 12.8. The number of fused-ring (bicyclic) bond motifs is 3. The summed E-state index contributed by atoms with van der Waals surface area (Å²) in [7, 11) is 1.95. The Morgan fingerprint density at radius 1 is 1.28 bits per heavy atom. The van der Waals surface area contributed by atoms with Gasteiger partial charge in [-0.15, -0.1) is 11.3 Å². The molecule has 1 aliphatic carbocycles. The number of rotatable bonds is 3. The summed E-state index contributed by atoms with van der Waals surface area (Å²) in [5, 5.41) is 5.05. The molecule has 1 aliphatic rings. The Balaban J connectivity index is 1.71. The first kappa shape index (κ1) is 15.9. The number of carbonyl (C=O) groups excluding carboxylic acids is 1. The summed E-state index contributed by atoms with van der Waals surface area (Å²) in [6.45, 7) is 4.31. The predicted molar refractivity (Wildman–Crippen MR) is 95.8 cm³/mol. The van der Waals surface area contributed by atoms with E-state index in [9.17, 15) is 4.79 Å². The van der Waals surface area contributed by atoms with E-state index in [2.05, 4.69) is 15.1 Å². The Bertz CT molecular complexity index is 943. The molecule has 0 atom stereocenters. The van der Waals surface area contributed by atoms with Gasteiger partial charge in [0.25, 0.3) is 5.91 Å². The van der Waals surface area contributed by atoms with Crippen LogP contribution in [0.1, 0.15) is 33.7 Å². The predicted octanol–water partition coefficient (Wildman–Crippen LogP) is 2.41. The quantitative estimate of drug-likeness (QED) is 0.722. The highest BCUT2D eigenvalue weighted by Gasteiger charge is 2.27. The average molecular weight is 354 g/mol. The molecule has 0 unspecified atom stereocenters. The molecule has 4 rings (SSSR count). The van der Waals surface area contributed by atoms with E-state index in [1.54, 1.807) is 22.4 Å². The molecule has 25 heavy (non-hydrogen) atoms. The van der Waals surface area contributed by atoms with Crippen molar-refractivity contribution in [2.75, 3.05) is 11.4 Å². The van der Waals surface area contributed by atoms with Gasteiger partial charge in [-0.05, 0) is 26.7 Å². The van der Waals surface area contributed by atoms with E-state index in [4.69, 9.17) is 4.98 Å². The third-order valence-corrected chi connectivity index (χ3v) is 5.52. The van der Waals surface area contributed by atoms with Crippen LogP contribution in [0.25, 0.3) is 11.3 Å². The zero-order valence-corrected chi connectivity index (χ0v) is 15.2. The van der Waals surface area contributed by atoms with Gasteiger partial charge in [0.1, 0.15) is 5.69 Å². The fraction of sp³-hybridized carbons (Fsp3) is 0.353. The number of aromatic nitrogens is 5. The van der Waals surface area contributed by atoms with Crippen LogP contribution in [0.2, 0.25) is 0 Å². The van der Waals surface area contributed by atoms with Crippen molar-refractivity contribution in [2.45, 2.75) is 26.7 Å². The molecule has 3 heterocycles. The highest BCUT2D eigenvalue weighted by Crippen LogP contribution is 2.39. The molecule has 0 aliphatic heterocycles. The molecule has 8 heteroatoms. The van der Waals surface area contributed by atoms with Gasteiger partial charge in [-0.2, -0.15) is 5.10 Å². The van der Waals surface area contributed by atoms with Gasteiger partial charge in [0, 0.05) is 35.9 Å². The third-order valence-electron chi connectivity index (χ3n) is 4.38. The first-order chi connectivity index (χ1) is 12.1. The lowest BCUT2D eigenvalue weighted by molar-refractivity contribution is 0.0983. The van der Waals surface area contributed by atoms with Crippen molar-refractivity contribution < 1.29 is 4.79 Å². The fourth-order valence-electron chi connectivity index (χ4n) is 3.03. The average Bonchev–Trinajstić information content (AvgIpc) is 3.19. The highest BCUT2D eigenvalue weighted by molar-refractivity contribution is 7.16. The van der Waals surface area contributed by atoms with Crippen molar-refractivity contribution in [2.24, 2.45) is 7.05 Å². The molecule has 0 saturated carbocycles. The van der Waals surface area contributed by atoms with Crippen LogP contribution < -0.4 is 4.90 Å². The molecular formula is C17H18N6OS. The lowest BCUT2D eigenvalue weighted by atomic mass is 10.0. The van der Waals surface area contributed by atoms with Crippen molar-refractivity contribution in [1.82, 2.24) is 24.7 Å². The number of hydrogen-bond acceptors (Lipinski definition) is 6. The number of carbonyl (C=O) groups is 1. The lowest BCUT2D eigenvalue weighted by Gasteiger charge is -2.16. The molecule has 0 aromatic carbocycles. The Kier molecular flexibility index (Phi) is 3.84. The van der Waals surface area contributed by atoms with Crippen LogP contribution in [0.5, 0.6) is 0 Å². The number of hydrogen-bond donors (Lipinski definition) is 0. The summed E-state index contributed by atoms with van der Waals surface area (Å²) in [5.41, 5.74) is 4.35. The van der Waals surface area contributed by atoms with E-state index in [1.165, 1.54) is 16.8 Å². The number of thiazole rings is 1. The second-order valence-electron chi connectivity index (χ2n) is 5.99. The second kappa shape index (κ2) is 6.03. The van der Waals surface area contributed by atoms with Gasteiger partial charge in [0.15, 0.2) is 5.13 Å². The first-order valence-corrected chi connectivity index (χ1v) is 9.01. The zero-order chi connectivity index (χ0) is 17.6. The first-order valence-electron chi connectivity index (χ1n) is 8.20. The van der Waals surface area contributed by atoms with Crippen LogP contribution >= 0.6 is 11.3 Å². The maximum absolute atomic E-state index is 12.8. The van der Waals surface area contributed by atoms with E-state index in [0.29, 0.717) is 17.4 Å². The minimum Gasteiger partial charge on any atom is -0.283 e. The number of amides is 1. The summed E-state index contributed by atoms with van der Waals surface area (Å²) < 4.78 is 1.90. The SMILES string of the molecule is CCN(C(=O)c1cnc(C)cn1)c1nc2c(s1)CCc1c-2cnn1C. The van der Waals surface area contributed by atoms with E-state index in [-0.39, 0.29) is 5.91 Å². The summed E-state index contributed by atoms with van der Waals surface area (Å²) >= 11 is 1.58. The van der Waals surface area contributed by atoms with Crippen molar-refractivity contribution in [3.8, 4) is 11.3 Å². The molecule has 0 bridgehead atoms. The topological polar surface area (TPSA) is 76.8 Å². The minimum absolute atomic E-state index is 0.174. The van der Waals surface area contributed by atoms with Gasteiger partial charge in [-0.3, -0.25) is 19.4 Å². The molecule has 0 radical (unpaired) electrons. The van der Waals surface area contributed by atoms with Crippen LogP contribution in [0.4, 0.5) is 5.13 Å². The minimum atomic E-state index is -0.174. The van der Waals surface area contributed by atoms with Gasteiger partial charge < -0.3 is 0 Å². The largest absolute Gasteiger partial charge is 0.283 e. The van der Waals surface area contributed by atoms with Crippen LogP contribution in [-0.4, -0.2) is 37.2 Å². The fourth-order valence-corrected chi connectivity index (χ4v) is 4.17. The Labute approximate surface area is 149 Å². The zero-order valence-electron chi connectivity index (χ0n) is 14.4. The Morgan fingerprint density at radius 3 is 2.84 bits per heavy atom. The monoisotopic (exact) mass is 354 g/mol. The van der Waals surface area contributed by atoms with Crippen molar-refractivity contribution in [3.05, 3.63) is 40.5 Å². The van der Waals surface area contributed by atoms with Gasteiger partial charge in [0.2, 0.25) is 0 Å². The Hall–Kier alpha value is -2.61. The van der Waals surface area contributed by atoms with Crippen LogP contribution in [0.15, 0.2) is 18.6 Å². The molecular weight excluding hydrogens is 336 g/mol. The van der Waals surface area contributed by atoms with Crippen LogP contribution in [-0.2, 0) is 19.9 Å². The van der Waals surface area contributed by atoms with Crippen LogP contribution in [0, 0.1) is 6.92 Å². The molecule has 0 saturated heterocycles. The third kappa shape index (κ3) is 2.62. The smallest absolute Gasteiger partial charge is 0.280 e. The van der Waals surface area contributed by atoms with E-state index in [0.717, 1.165) is 29.8 Å². The van der Waals surface area contributed by atoms with Gasteiger partial charge >= 0.3 is 0 Å². The van der Waals surface area contributed by atoms with Crippen LogP contribution in [0.3, 0.4) is 0 Å².